The zero-order valence-corrected chi connectivity index (χ0v) is 17.8. The van der Waals surface area contributed by atoms with E-state index in [9.17, 15) is 9.90 Å². The van der Waals surface area contributed by atoms with Crippen molar-refractivity contribution in [3.05, 3.63) is 47.5 Å². The summed E-state index contributed by atoms with van der Waals surface area (Å²) in [5.74, 6) is -0.0702. The van der Waals surface area contributed by atoms with Crippen LogP contribution in [0.15, 0.2) is 30.7 Å². The zero-order valence-electron chi connectivity index (χ0n) is 17.8. The number of pyridine rings is 2. The lowest BCUT2D eigenvalue weighted by molar-refractivity contribution is 0.0678. The van der Waals surface area contributed by atoms with Crippen molar-refractivity contribution in [1.29, 1.82) is 0 Å². The Morgan fingerprint density at radius 3 is 2.84 bits per heavy atom. The molecule has 3 aromatic heterocycles. The summed E-state index contributed by atoms with van der Waals surface area (Å²) in [5, 5.41) is 14.6. The van der Waals surface area contributed by atoms with E-state index in [1.807, 2.05) is 18.3 Å². The molecule has 32 heavy (non-hydrogen) atoms. The molecule has 0 aliphatic heterocycles. The SMILES string of the molecule is COCCOc1cncc(-c2cc3c(cn2)CCc2c-3nn(C(N)C3CC3)c2C(=O)O)c1. The van der Waals surface area contributed by atoms with Crippen molar-refractivity contribution in [2.45, 2.75) is 31.8 Å². The highest BCUT2D eigenvalue weighted by molar-refractivity contribution is 5.91. The van der Waals surface area contributed by atoms with E-state index in [2.05, 4.69) is 9.97 Å². The van der Waals surface area contributed by atoms with Crippen LogP contribution in [0.25, 0.3) is 22.5 Å². The van der Waals surface area contributed by atoms with Crippen LogP contribution in [0.2, 0.25) is 0 Å². The number of hydrogen-bond acceptors (Lipinski definition) is 7. The van der Waals surface area contributed by atoms with E-state index in [0.29, 0.717) is 37.5 Å². The number of carboxylic acid groups (broad SMARTS) is 1. The molecule has 3 heterocycles. The number of carbonyl (C=O) groups is 1. The highest BCUT2D eigenvalue weighted by atomic mass is 16.5. The third kappa shape index (κ3) is 3.74. The molecule has 2 aliphatic carbocycles. The van der Waals surface area contributed by atoms with Crippen LogP contribution in [0.4, 0.5) is 0 Å². The summed E-state index contributed by atoms with van der Waals surface area (Å²) < 4.78 is 12.2. The molecule has 0 amide bonds. The topological polar surface area (TPSA) is 125 Å². The van der Waals surface area contributed by atoms with Gasteiger partial charge in [0.15, 0.2) is 5.69 Å². The fraction of sp³-hybridized carbons (Fsp3) is 0.391. The van der Waals surface area contributed by atoms with E-state index in [-0.39, 0.29) is 11.6 Å². The quantitative estimate of drug-likeness (QED) is 0.517. The first-order chi connectivity index (χ1) is 15.6. The zero-order chi connectivity index (χ0) is 22.2. The van der Waals surface area contributed by atoms with Crippen LogP contribution in [-0.4, -0.2) is 51.1 Å². The van der Waals surface area contributed by atoms with Crippen molar-refractivity contribution >= 4 is 5.97 Å². The summed E-state index contributed by atoms with van der Waals surface area (Å²) in [5.41, 5.74) is 11.5. The average molecular weight is 435 g/mol. The van der Waals surface area contributed by atoms with Crippen LogP contribution in [0.5, 0.6) is 5.75 Å². The first-order valence-corrected chi connectivity index (χ1v) is 10.7. The first-order valence-electron chi connectivity index (χ1n) is 10.7. The van der Waals surface area contributed by atoms with Gasteiger partial charge in [0.2, 0.25) is 0 Å². The lowest BCUT2D eigenvalue weighted by Gasteiger charge is -2.16. The van der Waals surface area contributed by atoms with Crippen molar-refractivity contribution in [1.82, 2.24) is 19.7 Å². The molecule has 0 bridgehead atoms. The van der Waals surface area contributed by atoms with Gasteiger partial charge in [0.25, 0.3) is 0 Å². The van der Waals surface area contributed by atoms with E-state index in [1.54, 1.807) is 19.5 Å². The van der Waals surface area contributed by atoms with Crippen molar-refractivity contribution in [3.63, 3.8) is 0 Å². The molecule has 2 aliphatic rings. The predicted octanol–water partition coefficient (Wildman–Crippen LogP) is 2.70. The van der Waals surface area contributed by atoms with Gasteiger partial charge in [-0.1, -0.05) is 0 Å². The molecule has 0 saturated heterocycles. The Balaban J connectivity index is 1.54. The fourth-order valence-electron chi connectivity index (χ4n) is 4.20. The van der Waals surface area contributed by atoms with E-state index in [4.69, 9.17) is 20.3 Å². The number of rotatable bonds is 8. The Kier molecular flexibility index (Phi) is 5.36. The van der Waals surface area contributed by atoms with Crippen LogP contribution in [0.3, 0.4) is 0 Å². The Labute approximate surface area is 185 Å². The predicted molar refractivity (Wildman–Crippen MR) is 116 cm³/mol. The van der Waals surface area contributed by atoms with Gasteiger partial charge in [0, 0.05) is 36.2 Å². The molecule has 9 nitrogen and oxygen atoms in total. The Hall–Kier alpha value is -3.30. The molecule has 166 valence electrons. The molecule has 1 fully saturated rings. The van der Waals surface area contributed by atoms with Crippen molar-refractivity contribution in [2.75, 3.05) is 20.3 Å². The van der Waals surface area contributed by atoms with Gasteiger partial charge in [-0.15, -0.1) is 0 Å². The average Bonchev–Trinajstić information content (AvgIpc) is 3.57. The number of hydrogen-bond donors (Lipinski definition) is 2. The molecular formula is C23H25N5O4. The summed E-state index contributed by atoms with van der Waals surface area (Å²) in [6.07, 6.45) is 8.12. The lowest BCUT2D eigenvalue weighted by atomic mass is 9.89. The van der Waals surface area contributed by atoms with Gasteiger partial charge in [-0.05, 0) is 49.3 Å². The number of methoxy groups -OCH3 is 1. The van der Waals surface area contributed by atoms with Crippen LogP contribution < -0.4 is 10.5 Å². The molecule has 0 aromatic carbocycles. The van der Waals surface area contributed by atoms with Gasteiger partial charge in [0.1, 0.15) is 18.5 Å². The molecule has 1 unspecified atom stereocenters. The molecule has 1 saturated carbocycles. The smallest absolute Gasteiger partial charge is 0.354 e. The highest BCUT2D eigenvalue weighted by Gasteiger charge is 2.36. The Morgan fingerprint density at radius 1 is 1.25 bits per heavy atom. The molecule has 5 rings (SSSR count). The third-order valence-corrected chi connectivity index (χ3v) is 6.05. The maximum Gasteiger partial charge on any atom is 0.354 e. The van der Waals surface area contributed by atoms with Crippen molar-refractivity contribution < 1.29 is 19.4 Å². The number of aromatic carboxylic acids is 1. The standard InChI is InChI=1S/C23H25N5O4/c1-31-6-7-32-16-8-15(10-25-12-16)19-9-18-14(11-26-19)4-5-17-20(18)27-28(21(17)23(29)30)22(24)13-2-3-13/h8-13,22H,2-7,24H2,1H3,(H,29,30). The third-order valence-electron chi connectivity index (χ3n) is 6.05. The highest BCUT2D eigenvalue weighted by Crippen LogP contribution is 2.41. The summed E-state index contributed by atoms with van der Waals surface area (Å²) in [7, 11) is 1.62. The van der Waals surface area contributed by atoms with Crippen LogP contribution in [0, 0.1) is 5.92 Å². The number of ether oxygens (including phenoxy) is 2. The lowest BCUT2D eigenvalue weighted by Crippen LogP contribution is -2.25. The first kappa shape index (κ1) is 20.6. The number of nitrogens with zero attached hydrogens (tertiary/aromatic N) is 4. The molecule has 3 aromatic rings. The molecular weight excluding hydrogens is 410 g/mol. The minimum Gasteiger partial charge on any atom is -0.490 e. The number of nitrogens with two attached hydrogens (primary N) is 1. The number of aryl methyl sites for hydroxylation is 1. The van der Waals surface area contributed by atoms with Crippen LogP contribution in [-0.2, 0) is 17.6 Å². The summed E-state index contributed by atoms with van der Waals surface area (Å²) in [6, 6.07) is 3.83. The molecule has 3 N–H and O–H groups in total. The number of aromatic nitrogens is 4. The van der Waals surface area contributed by atoms with Crippen molar-refractivity contribution in [3.8, 4) is 28.3 Å². The minimum absolute atomic E-state index is 0.207. The van der Waals surface area contributed by atoms with Gasteiger partial charge in [-0.2, -0.15) is 5.10 Å². The Bertz CT molecular complexity index is 1170. The van der Waals surface area contributed by atoms with E-state index >= 15 is 0 Å². The van der Waals surface area contributed by atoms with Crippen molar-refractivity contribution in [2.24, 2.45) is 11.7 Å². The maximum absolute atomic E-state index is 12.1. The largest absolute Gasteiger partial charge is 0.490 e. The molecule has 1 atom stereocenters. The Morgan fingerprint density at radius 2 is 2.09 bits per heavy atom. The number of fused-ring (bicyclic) bond motifs is 3. The number of carboxylic acids is 1. The van der Waals surface area contributed by atoms with Gasteiger partial charge in [-0.25, -0.2) is 9.48 Å². The van der Waals surface area contributed by atoms with Gasteiger partial charge < -0.3 is 20.3 Å². The summed E-state index contributed by atoms with van der Waals surface area (Å²) in [4.78, 5) is 21.0. The normalized spacial score (nSPS) is 15.7. The summed E-state index contributed by atoms with van der Waals surface area (Å²) in [6.45, 7) is 0.918. The molecule has 0 spiro atoms. The van der Waals surface area contributed by atoms with Crippen LogP contribution in [0.1, 0.15) is 40.6 Å². The summed E-state index contributed by atoms with van der Waals surface area (Å²) >= 11 is 0. The minimum atomic E-state index is -0.988. The van der Waals surface area contributed by atoms with Gasteiger partial charge in [-0.3, -0.25) is 9.97 Å². The fourth-order valence-corrected chi connectivity index (χ4v) is 4.20. The van der Waals surface area contributed by atoms with Gasteiger partial charge >= 0.3 is 5.97 Å². The van der Waals surface area contributed by atoms with E-state index in [0.717, 1.165) is 40.8 Å². The molecule has 9 heteroatoms. The van der Waals surface area contributed by atoms with Crippen LogP contribution >= 0.6 is 0 Å². The second-order valence-corrected chi connectivity index (χ2v) is 8.23. The second-order valence-electron chi connectivity index (χ2n) is 8.23. The van der Waals surface area contributed by atoms with E-state index in [1.165, 1.54) is 4.68 Å². The maximum atomic E-state index is 12.1. The van der Waals surface area contributed by atoms with Gasteiger partial charge in [0.05, 0.1) is 24.2 Å². The second kappa shape index (κ2) is 8.33. The monoisotopic (exact) mass is 435 g/mol. The van der Waals surface area contributed by atoms with E-state index < -0.39 is 12.1 Å². The molecule has 0 radical (unpaired) electrons.